The average Bonchev–Trinajstić information content (AvgIpc) is 2.74. The van der Waals surface area contributed by atoms with Gasteiger partial charge in [-0.15, -0.1) is 0 Å². The van der Waals surface area contributed by atoms with Crippen molar-refractivity contribution >= 4 is 17.7 Å². The fourth-order valence-electron chi connectivity index (χ4n) is 2.72. The second kappa shape index (κ2) is 7.14. The number of carbonyl (C=O) groups excluding carboxylic acids is 1. The molecule has 0 aliphatic carbocycles. The van der Waals surface area contributed by atoms with Crippen molar-refractivity contribution in [3.8, 4) is 0 Å². The Balaban J connectivity index is 2.21. The Morgan fingerprint density at radius 2 is 2.20 bits per heavy atom. The van der Waals surface area contributed by atoms with Gasteiger partial charge in [0, 0.05) is 12.3 Å². The summed E-state index contributed by atoms with van der Waals surface area (Å²) >= 11 is 1.78. The van der Waals surface area contributed by atoms with E-state index < -0.39 is 0 Å². The van der Waals surface area contributed by atoms with Gasteiger partial charge in [-0.25, -0.2) is 0 Å². The van der Waals surface area contributed by atoms with Crippen LogP contribution in [0.15, 0.2) is 24.3 Å². The molecule has 0 saturated carbocycles. The van der Waals surface area contributed by atoms with Crippen molar-refractivity contribution in [2.45, 2.75) is 38.9 Å². The lowest BCUT2D eigenvalue weighted by atomic mass is 10.1. The van der Waals surface area contributed by atoms with Crippen LogP contribution in [0.3, 0.4) is 0 Å². The second-order valence-electron chi connectivity index (χ2n) is 5.35. The molecular formula is C16H24N2OS. The molecule has 1 amide bonds. The van der Waals surface area contributed by atoms with E-state index in [9.17, 15) is 4.79 Å². The van der Waals surface area contributed by atoms with E-state index in [1.165, 1.54) is 11.1 Å². The highest BCUT2D eigenvalue weighted by molar-refractivity contribution is 7.98. The number of nitrogens with one attached hydrogen (secondary N) is 1. The smallest absolute Gasteiger partial charge is 0.241 e. The number of rotatable bonds is 6. The molecular weight excluding hydrogens is 268 g/mol. The normalized spacial score (nSPS) is 22.6. The van der Waals surface area contributed by atoms with Crippen molar-refractivity contribution in [2.75, 3.05) is 18.6 Å². The summed E-state index contributed by atoms with van der Waals surface area (Å²) in [5.41, 5.74) is 2.43. The van der Waals surface area contributed by atoms with E-state index in [2.05, 4.69) is 49.7 Å². The molecule has 1 N–H and O–H groups in total. The summed E-state index contributed by atoms with van der Waals surface area (Å²) in [4.78, 5) is 14.5. The fraction of sp³-hybridized carbons (Fsp3) is 0.562. The number of aryl methyl sites for hydroxylation is 1. The molecule has 1 fully saturated rings. The third kappa shape index (κ3) is 3.36. The van der Waals surface area contributed by atoms with Gasteiger partial charge in [-0.2, -0.15) is 11.8 Å². The number of nitrogens with zero attached hydrogens (tertiary/aromatic N) is 1. The zero-order valence-electron chi connectivity index (χ0n) is 12.6. The van der Waals surface area contributed by atoms with Crippen LogP contribution in [0.5, 0.6) is 0 Å². The van der Waals surface area contributed by atoms with Crippen LogP contribution in [0.2, 0.25) is 0 Å². The monoisotopic (exact) mass is 292 g/mol. The lowest BCUT2D eigenvalue weighted by Gasteiger charge is -2.24. The summed E-state index contributed by atoms with van der Waals surface area (Å²) in [6.07, 6.45) is 4.06. The second-order valence-corrected chi connectivity index (χ2v) is 6.33. The van der Waals surface area contributed by atoms with Gasteiger partial charge < -0.3 is 4.90 Å². The molecule has 3 nitrogen and oxygen atoms in total. The minimum atomic E-state index is -0.0210. The van der Waals surface area contributed by atoms with Crippen molar-refractivity contribution in [1.82, 2.24) is 10.2 Å². The molecule has 1 aromatic carbocycles. The number of hydrogen-bond donors (Lipinski definition) is 1. The Morgan fingerprint density at radius 1 is 1.40 bits per heavy atom. The summed E-state index contributed by atoms with van der Waals surface area (Å²) in [6, 6.07) is 8.42. The molecule has 0 spiro atoms. The van der Waals surface area contributed by atoms with Crippen molar-refractivity contribution in [1.29, 1.82) is 0 Å². The van der Waals surface area contributed by atoms with Gasteiger partial charge in [0.05, 0.1) is 6.04 Å². The quantitative estimate of drug-likeness (QED) is 0.875. The predicted octanol–water partition coefficient (Wildman–Crippen LogP) is 2.96. The Bertz CT molecular complexity index is 464. The standard InChI is InChI=1S/C16H24N2OS/c1-4-6-14-16(19)18(9-10-20-3)15(17-14)13-8-5-7-12(2)11-13/h5,7-8,11,14-15,17H,4,6,9-10H2,1-3H3. The number of hydrogen-bond acceptors (Lipinski definition) is 3. The van der Waals surface area contributed by atoms with Gasteiger partial charge in [0.2, 0.25) is 5.91 Å². The largest absolute Gasteiger partial charge is 0.321 e. The predicted molar refractivity (Wildman–Crippen MR) is 85.8 cm³/mol. The SMILES string of the molecule is CCCC1NC(c2cccc(C)c2)N(CCSC)C1=O. The zero-order valence-corrected chi connectivity index (χ0v) is 13.4. The van der Waals surface area contributed by atoms with Crippen LogP contribution in [-0.4, -0.2) is 35.4 Å². The van der Waals surface area contributed by atoms with Gasteiger partial charge in [0.1, 0.15) is 6.17 Å². The highest BCUT2D eigenvalue weighted by Crippen LogP contribution is 2.27. The summed E-state index contributed by atoms with van der Waals surface area (Å²) in [6.45, 7) is 5.03. The van der Waals surface area contributed by atoms with E-state index in [0.717, 1.165) is 25.1 Å². The molecule has 0 bridgehead atoms. The van der Waals surface area contributed by atoms with Gasteiger partial charge in [0.25, 0.3) is 0 Å². The van der Waals surface area contributed by atoms with E-state index in [1.807, 2.05) is 4.90 Å². The zero-order chi connectivity index (χ0) is 14.5. The molecule has 1 heterocycles. The van der Waals surface area contributed by atoms with E-state index in [1.54, 1.807) is 11.8 Å². The minimum absolute atomic E-state index is 0.0210. The van der Waals surface area contributed by atoms with Crippen LogP contribution in [0.4, 0.5) is 0 Å². The molecule has 0 radical (unpaired) electrons. The van der Waals surface area contributed by atoms with E-state index in [-0.39, 0.29) is 18.1 Å². The molecule has 0 aromatic heterocycles. The van der Waals surface area contributed by atoms with Crippen LogP contribution in [-0.2, 0) is 4.79 Å². The number of benzene rings is 1. The molecule has 1 aliphatic heterocycles. The van der Waals surface area contributed by atoms with Crippen LogP contribution in [0.1, 0.15) is 37.1 Å². The van der Waals surface area contributed by atoms with Crippen LogP contribution in [0.25, 0.3) is 0 Å². The molecule has 2 atom stereocenters. The minimum Gasteiger partial charge on any atom is -0.321 e. The van der Waals surface area contributed by atoms with Gasteiger partial charge in [-0.3, -0.25) is 10.1 Å². The van der Waals surface area contributed by atoms with Gasteiger partial charge >= 0.3 is 0 Å². The number of amides is 1. The summed E-state index contributed by atoms with van der Waals surface area (Å²) < 4.78 is 0. The molecule has 1 aromatic rings. The lowest BCUT2D eigenvalue weighted by molar-refractivity contribution is -0.130. The van der Waals surface area contributed by atoms with Gasteiger partial charge in [-0.05, 0) is 25.2 Å². The number of thioether (sulfide) groups is 1. The topological polar surface area (TPSA) is 32.3 Å². The van der Waals surface area contributed by atoms with E-state index >= 15 is 0 Å². The Labute approximate surface area is 126 Å². The first-order valence-electron chi connectivity index (χ1n) is 7.29. The number of carbonyl (C=O) groups is 1. The van der Waals surface area contributed by atoms with Gasteiger partial charge in [-0.1, -0.05) is 43.2 Å². The highest BCUT2D eigenvalue weighted by Gasteiger charge is 2.38. The highest BCUT2D eigenvalue weighted by atomic mass is 32.2. The average molecular weight is 292 g/mol. The third-order valence-electron chi connectivity index (χ3n) is 3.72. The Hall–Kier alpha value is -1.00. The van der Waals surface area contributed by atoms with Crippen molar-refractivity contribution in [2.24, 2.45) is 0 Å². The molecule has 20 heavy (non-hydrogen) atoms. The molecule has 4 heteroatoms. The Kier molecular flexibility index (Phi) is 5.49. The molecule has 1 saturated heterocycles. The van der Waals surface area contributed by atoms with E-state index in [4.69, 9.17) is 0 Å². The lowest BCUT2D eigenvalue weighted by Crippen LogP contribution is -2.33. The first kappa shape index (κ1) is 15.4. The maximum atomic E-state index is 12.5. The van der Waals surface area contributed by atoms with E-state index in [0.29, 0.717) is 0 Å². The van der Waals surface area contributed by atoms with Gasteiger partial charge in [0.15, 0.2) is 0 Å². The Morgan fingerprint density at radius 3 is 2.85 bits per heavy atom. The van der Waals surface area contributed by atoms with Crippen LogP contribution < -0.4 is 5.32 Å². The van der Waals surface area contributed by atoms with Crippen molar-refractivity contribution in [3.63, 3.8) is 0 Å². The third-order valence-corrected chi connectivity index (χ3v) is 4.31. The van der Waals surface area contributed by atoms with Crippen molar-refractivity contribution < 1.29 is 4.79 Å². The summed E-state index contributed by atoms with van der Waals surface area (Å²) in [5.74, 6) is 1.24. The molecule has 110 valence electrons. The van der Waals surface area contributed by atoms with Crippen LogP contribution in [0, 0.1) is 6.92 Å². The first-order chi connectivity index (χ1) is 9.67. The maximum Gasteiger partial charge on any atom is 0.241 e. The van der Waals surface area contributed by atoms with Crippen LogP contribution >= 0.6 is 11.8 Å². The molecule has 2 rings (SSSR count). The molecule has 2 unspecified atom stereocenters. The first-order valence-corrected chi connectivity index (χ1v) is 8.68. The molecule has 1 aliphatic rings. The fourth-order valence-corrected chi connectivity index (χ4v) is 3.10. The summed E-state index contributed by atoms with van der Waals surface area (Å²) in [5, 5.41) is 3.51. The summed E-state index contributed by atoms with van der Waals surface area (Å²) in [7, 11) is 0. The maximum absolute atomic E-state index is 12.5. The van der Waals surface area contributed by atoms with Crippen molar-refractivity contribution in [3.05, 3.63) is 35.4 Å².